The van der Waals surface area contributed by atoms with E-state index in [0.29, 0.717) is 0 Å². The third kappa shape index (κ3) is 2.34. The lowest BCUT2D eigenvalue weighted by atomic mass is 10.1. The van der Waals surface area contributed by atoms with E-state index in [2.05, 4.69) is 0 Å². The summed E-state index contributed by atoms with van der Waals surface area (Å²) in [5, 5.41) is 10.3. The largest absolute Gasteiger partial charge is 0.340 e. The van der Waals surface area contributed by atoms with Gasteiger partial charge in [-0.05, 0) is 13.0 Å². The van der Waals surface area contributed by atoms with Crippen LogP contribution >= 0.6 is 0 Å². The molecule has 0 radical (unpaired) electrons. The fourth-order valence-electron chi connectivity index (χ4n) is 1.15. The Bertz CT molecular complexity index is 432. The van der Waals surface area contributed by atoms with Gasteiger partial charge in [0.2, 0.25) is 11.6 Å². The van der Waals surface area contributed by atoms with Crippen molar-refractivity contribution >= 4 is 11.5 Å². The van der Waals surface area contributed by atoms with Crippen LogP contribution in [0.2, 0.25) is 0 Å². The van der Waals surface area contributed by atoms with Crippen LogP contribution in [0.25, 0.3) is 0 Å². The minimum Gasteiger partial charge on any atom is -0.300 e. The fourth-order valence-corrected chi connectivity index (χ4v) is 1.15. The van der Waals surface area contributed by atoms with Gasteiger partial charge in [-0.25, -0.2) is 0 Å². The van der Waals surface area contributed by atoms with Gasteiger partial charge >= 0.3 is 5.69 Å². The Kier molecular flexibility index (Phi) is 3.08. The van der Waals surface area contributed by atoms with Crippen molar-refractivity contribution < 1.29 is 18.5 Å². The molecule has 0 N–H and O–H groups in total. The second-order valence-corrected chi connectivity index (χ2v) is 3.00. The van der Waals surface area contributed by atoms with Crippen molar-refractivity contribution in [3.05, 3.63) is 39.4 Å². The van der Waals surface area contributed by atoms with Crippen LogP contribution in [0.3, 0.4) is 0 Å². The normalized spacial score (nSPS) is 10.1. The number of nitro groups is 1. The van der Waals surface area contributed by atoms with E-state index in [-0.39, 0.29) is 17.8 Å². The molecule has 4 nitrogen and oxygen atoms in total. The molecule has 0 saturated carbocycles. The summed E-state index contributed by atoms with van der Waals surface area (Å²) in [5.41, 5.74) is -1.38. The van der Waals surface area contributed by atoms with Crippen molar-refractivity contribution in [1.29, 1.82) is 0 Å². The van der Waals surface area contributed by atoms with E-state index in [0.717, 1.165) is 12.1 Å². The highest BCUT2D eigenvalue weighted by Crippen LogP contribution is 2.24. The van der Waals surface area contributed by atoms with Crippen LogP contribution in [-0.4, -0.2) is 10.7 Å². The molecule has 1 rings (SSSR count). The first-order chi connectivity index (χ1) is 6.93. The van der Waals surface area contributed by atoms with Crippen molar-refractivity contribution in [2.75, 3.05) is 0 Å². The summed E-state index contributed by atoms with van der Waals surface area (Å²) < 4.78 is 26.2. The van der Waals surface area contributed by atoms with Gasteiger partial charge in [-0.2, -0.15) is 8.78 Å². The van der Waals surface area contributed by atoms with Crippen molar-refractivity contribution in [3.8, 4) is 0 Å². The number of hydrogen-bond acceptors (Lipinski definition) is 3. The number of carbonyl (C=O) groups is 1. The molecule has 0 atom stereocenters. The van der Waals surface area contributed by atoms with E-state index in [1.165, 1.54) is 6.92 Å². The molecule has 6 heteroatoms. The van der Waals surface area contributed by atoms with Crippen molar-refractivity contribution in [1.82, 2.24) is 0 Å². The fraction of sp³-hybridized carbons (Fsp3) is 0.222. The summed E-state index contributed by atoms with van der Waals surface area (Å²) in [4.78, 5) is 19.9. The molecular formula is C9H7F2NO3. The molecule has 0 saturated heterocycles. The average Bonchev–Trinajstić information content (AvgIpc) is 2.09. The molecule has 0 aliphatic rings. The second kappa shape index (κ2) is 4.12. The van der Waals surface area contributed by atoms with E-state index in [1.54, 1.807) is 0 Å². The van der Waals surface area contributed by atoms with Crippen LogP contribution in [0, 0.1) is 21.7 Å². The summed E-state index contributed by atoms with van der Waals surface area (Å²) >= 11 is 0. The highest BCUT2D eigenvalue weighted by Gasteiger charge is 2.24. The predicted molar refractivity (Wildman–Crippen MR) is 47.4 cm³/mol. The average molecular weight is 215 g/mol. The minimum absolute atomic E-state index is 0.171. The Morgan fingerprint density at radius 1 is 1.47 bits per heavy atom. The molecule has 0 bridgehead atoms. The Hall–Kier alpha value is -1.85. The minimum atomic E-state index is -1.28. The monoisotopic (exact) mass is 215 g/mol. The predicted octanol–water partition coefficient (Wildman–Crippen LogP) is 2.00. The number of Topliss-reactive ketones (excluding diaryl/α,β-unsaturated/α-hetero) is 1. The number of nitrogens with zero attached hydrogens (tertiary/aromatic N) is 1. The van der Waals surface area contributed by atoms with E-state index in [9.17, 15) is 23.7 Å². The van der Waals surface area contributed by atoms with Gasteiger partial charge in [-0.3, -0.25) is 14.9 Å². The molecule has 0 fully saturated rings. The Balaban J connectivity index is 3.28. The molecular weight excluding hydrogens is 208 g/mol. The topological polar surface area (TPSA) is 60.2 Å². The highest BCUT2D eigenvalue weighted by molar-refractivity contribution is 5.78. The quantitative estimate of drug-likeness (QED) is 0.572. The molecule has 1 aromatic carbocycles. The molecule has 0 aromatic heterocycles. The molecule has 15 heavy (non-hydrogen) atoms. The molecule has 1 aromatic rings. The Labute approximate surface area is 83.7 Å². The molecule has 0 amide bonds. The maximum Gasteiger partial charge on any atom is 0.340 e. The van der Waals surface area contributed by atoms with Crippen molar-refractivity contribution in [2.45, 2.75) is 13.3 Å². The third-order valence-corrected chi connectivity index (χ3v) is 1.77. The standard InChI is InChI=1S/C9H7F2NO3/c1-5(13)4-6-2-3-7(10)9(8(6)11)12(14)15/h2-3H,4H2,1H3. The smallest absolute Gasteiger partial charge is 0.300 e. The van der Waals surface area contributed by atoms with Gasteiger partial charge < -0.3 is 0 Å². The van der Waals surface area contributed by atoms with Crippen LogP contribution in [0.15, 0.2) is 12.1 Å². The first-order valence-corrected chi connectivity index (χ1v) is 4.04. The zero-order chi connectivity index (χ0) is 11.6. The van der Waals surface area contributed by atoms with E-state index in [1.807, 2.05) is 0 Å². The van der Waals surface area contributed by atoms with Crippen molar-refractivity contribution in [2.24, 2.45) is 0 Å². The second-order valence-electron chi connectivity index (χ2n) is 3.00. The molecule has 80 valence electrons. The molecule has 0 aliphatic carbocycles. The van der Waals surface area contributed by atoms with Crippen LogP contribution in [-0.2, 0) is 11.2 Å². The molecule has 0 aliphatic heterocycles. The number of halogens is 2. The maximum absolute atomic E-state index is 13.3. The summed E-state index contributed by atoms with van der Waals surface area (Å²) in [5.74, 6) is -2.88. The third-order valence-electron chi connectivity index (χ3n) is 1.77. The molecule has 0 heterocycles. The lowest BCUT2D eigenvalue weighted by molar-refractivity contribution is -0.390. The Morgan fingerprint density at radius 2 is 2.07 bits per heavy atom. The zero-order valence-corrected chi connectivity index (χ0v) is 7.79. The summed E-state index contributed by atoms with van der Waals surface area (Å²) in [6.45, 7) is 1.22. The van der Waals surface area contributed by atoms with Gasteiger partial charge in [0, 0.05) is 12.0 Å². The van der Waals surface area contributed by atoms with Gasteiger partial charge in [-0.15, -0.1) is 0 Å². The van der Waals surface area contributed by atoms with E-state index in [4.69, 9.17) is 0 Å². The summed E-state index contributed by atoms with van der Waals surface area (Å²) in [7, 11) is 0. The number of carbonyl (C=O) groups excluding carboxylic acids is 1. The maximum atomic E-state index is 13.3. The number of nitro benzene ring substituents is 1. The lowest BCUT2D eigenvalue weighted by Gasteiger charge is -2.01. The van der Waals surface area contributed by atoms with Crippen LogP contribution < -0.4 is 0 Å². The van der Waals surface area contributed by atoms with Crippen LogP contribution in [0.5, 0.6) is 0 Å². The first kappa shape index (κ1) is 11.2. The number of benzene rings is 1. The van der Waals surface area contributed by atoms with Crippen LogP contribution in [0.4, 0.5) is 14.5 Å². The van der Waals surface area contributed by atoms with Gasteiger partial charge in [0.1, 0.15) is 5.78 Å². The number of ketones is 1. The first-order valence-electron chi connectivity index (χ1n) is 4.04. The van der Waals surface area contributed by atoms with Gasteiger partial charge in [0.25, 0.3) is 0 Å². The number of hydrogen-bond donors (Lipinski definition) is 0. The van der Waals surface area contributed by atoms with Crippen molar-refractivity contribution in [3.63, 3.8) is 0 Å². The number of rotatable bonds is 3. The summed E-state index contributed by atoms with van der Waals surface area (Å²) in [6, 6.07) is 1.80. The van der Waals surface area contributed by atoms with Gasteiger partial charge in [-0.1, -0.05) is 6.07 Å². The zero-order valence-electron chi connectivity index (χ0n) is 7.79. The van der Waals surface area contributed by atoms with Gasteiger partial charge in [0.15, 0.2) is 0 Å². The van der Waals surface area contributed by atoms with Crippen LogP contribution in [0.1, 0.15) is 12.5 Å². The summed E-state index contributed by atoms with van der Waals surface area (Å²) in [6.07, 6.45) is -0.285. The van der Waals surface area contributed by atoms with Gasteiger partial charge in [0.05, 0.1) is 4.92 Å². The SMILES string of the molecule is CC(=O)Cc1ccc(F)c([N+](=O)[O-])c1F. The Morgan fingerprint density at radius 3 is 2.53 bits per heavy atom. The molecule has 0 spiro atoms. The lowest BCUT2D eigenvalue weighted by Crippen LogP contribution is -2.04. The molecule has 0 unspecified atom stereocenters. The van der Waals surface area contributed by atoms with E-state index >= 15 is 0 Å². The van der Waals surface area contributed by atoms with E-state index < -0.39 is 22.2 Å². The highest BCUT2D eigenvalue weighted by atomic mass is 19.1.